The Bertz CT molecular complexity index is 226. The van der Waals surface area contributed by atoms with Crippen molar-refractivity contribution in [2.24, 2.45) is 5.92 Å². The highest BCUT2D eigenvalue weighted by molar-refractivity contribution is 5.89. The first-order chi connectivity index (χ1) is 6.02. The number of carbonyl (C=O) groups excluding carboxylic acids is 1. The number of hydrogen-bond acceptors (Lipinski definition) is 1. The highest BCUT2D eigenvalue weighted by Gasteiger charge is 2.32. The third-order valence-electron chi connectivity index (χ3n) is 2.53. The number of amides is 1. The van der Waals surface area contributed by atoms with Gasteiger partial charge in [-0.1, -0.05) is 19.4 Å². The summed E-state index contributed by atoms with van der Waals surface area (Å²) < 4.78 is 0. The van der Waals surface area contributed by atoms with Gasteiger partial charge in [-0.25, -0.2) is 0 Å². The summed E-state index contributed by atoms with van der Waals surface area (Å²) in [6.45, 7) is 9.20. The van der Waals surface area contributed by atoms with Gasteiger partial charge in [-0.2, -0.15) is 0 Å². The smallest absolute Gasteiger partial charge is 0.246 e. The normalized spacial score (nSPS) is 21.3. The van der Waals surface area contributed by atoms with E-state index in [9.17, 15) is 4.79 Å². The first kappa shape index (κ1) is 10.3. The van der Waals surface area contributed by atoms with Gasteiger partial charge in [0.05, 0.1) is 0 Å². The standard InChI is InChI=1S/C11H19NO/c1-8(2)7-11(13)12-6-5-10(12)9(3)4/h7,9-10H,5-6H2,1-4H3. The van der Waals surface area contributed by atoms with Crippen LogP contribution in [0.15, 0.2) is 11.6 Å². The third-order valence-corrected chi connectivity index (χ3v) is 2.53. The van der Waals surface area contributed by atoms with Crippen molar-refractivity contribution in [2.45, 2.75) is 40.2 Å². The van der Waals surface area contributed by atoms with Crippen LogP contribution in [0.1, 0.15) is 34.1 Å². The van der Waals surface area contributed by atoms with Crippen LogP contribution >= 0.6 is 0 Å². The van der Waals surface area contributed by atoms with E-state index in [1.807, 2.05) is 18.7 Å². The zero-order valence-electron chi connectivity index (χ0n) is 9.00. The van der Waals surface area contributed by atoms with E-state index in [0.717, 1.165) is 12.1 Å². The van der Waals surface area contributed by atoms with Crippen LogP contribution in [0.25, 0.3) is 0 Å². The van der Waals surface area contributed by atoms with Gasteiger partial charge in [0.1, 0.15) is 0 Å². The van der Waals surface area contributed by atoms with Gasteiger partial charge in [-0.3, -0.25) is 4.79 Å². The van der Waals surface area contributed by atoms with Gasteiger partial charge in [0.2, 0.25) is 5.91 Å². The number of likely N-dealkylation sites (tertiary alicyclic amines) is 1. The van der Waals surface area contributed by atoms with E-state index >= 15 is 0 Å². The summed E-state index contributed by atoms with van der Waals surface area (Å²) in [4.78, 5) is 13.6. The summed E-state index contributed by atoms with van der Waals surface area (Å²) in [5.41, 5.74) is 1.08. The zero-order chi connectivity index (χ0) is 10.0. The number of rotatable bonds is 2. The Morgan fingerprint density at radius 3 is 2.38 bits per heavy atom. The van der Waals surface area contributed by atoms with Crippen LogP contribution in [0.2, 0.25) is 0 Å². The molecule has 0 spiro atoms. The lowest BCUT2D eigenvalue weighted by atomic mass is 9.92. The molecule has 0 aliphatic carbocycles. The molecular formula is C11H19NO. The molecule has 1 amide bonds. The van der Waals surface area contributed by atoms with E-state index in [0.29, 0.717) is 12.0 Å². The Morgan fingerprint density at radius 1 is 1.46 bits per heavy atom. The minimum absolute atomic E-state index is 0.185. The maximum atomic E-state index is 11.6. The minimum atomic E-state index is 0.185. The monoisotopic (exact) mass is 181 g/mol. The van der Waals surface area contributed by atoms with Crippen molar-refractivity contribution in [3.63, 3.8) is 0 Å². The molecule has 2 heteroatoms. The van der Waals surface area contributed by atoms with Crippen molar-refractivity contribution in [2.75, 3.05) is 6.54 Å². The molecule has 13 heavy (non-hydrogen) atoms. The molecule has 0 saturated carbocycles. The van der Waals surface area contributed by atoms with E-state index in [1.54, 1.807) is 6.08 Å². The van der Waals surface area contributed by atoms with Crippen molar-refractivity contribution in [3.8, 4) is 0 Å². The lowest BCUT2D eigenvalue weighted by Crippen LogP contribution is -2.53. The molecule has 2 nitrogen and oxygen atoms in total. The van der Waals surface area contributed by atoms with E-state index in [-0.39, 0.29) is 5.91 Å². The number of nitrogens with zero attached hydrogens (tertiary/aromatic N) is 1. The summed E-state index contributed by atoms with van der Waals surface area (Å²) in [5.74, 6) is 0.771. The van der Waals surface area contributed by atoms with Gasteiger partial charge >= 0.3 is 0 Å². The topological polar surface area (TPSA) is 20.3 Å². The Hall–Kier alpha value is -0.790. The Balaban J connectivity index is 2.54. The van der Waals surface area contributed by atoms with Gasteiger partial charge in [-0.15, -0.1) is 0 Å². The maximum Gasteiger partial charge on any atom is 0.246 e. The number of hydrogen-bond donors (Lipinski definition) is 0. The Morgan fingerprint density at radius 2 is 2.08 bits per heavy atom. The number of allylic oxidation sites excluding steroid dienone is 1. The van der Waals surface area contributed by atoms with Gasteiger partial charge in [0.25, 0.3) is 0 Å². The second-order valence-electron chi connectivity index (χ2n) is 4.35. The van der Waals surface area contributed by atoms with Crippen LogP contribution in [0, 0.1) is 5.92 Å². The lowest BCUT2D eigenvalue weighted by molar-refractivity contribution is -0.135. The summed E-state index contributed by atoms with van der Waals surface area (Å²) in [7, 11) is 0. The molecule has 1 rings (SSSR count). The molecule has 0 N–H and O–H groups in total. The van der Waals surface area contributed by atoms with Crippen molar-refractivity contribution in [1.29, 1.82) is 0 Å². The summed E-state index contributed by atoms with van der Waals surface area (Å²) in [6.07, 6.45) is 2.90. The van der Waals surface area contributed by atoms with Crippen LogP contribution in [0.3, 0.4) is 0 Å². The first-order valence-corrected chi connectivity index (χ1v) is 4.98. The predicted octanol–water partition coefficient (Wildman–Crippen LogP) is 2.21. The van der Waals surface area contributed by atoms with Crippen molar-refractivity contribution < 1.29 is 4.79 Å². The van der Waals surface area contributed by atoms with Gasteiger partial charge in [0.15, 0.2) is 0 Å². The fraction of sp³-hybridized carbons (Fsp3) is 0.727. The highest BCUT2D eigenvalue weighted by Crippen LogP contribution is 2.24. The largest absolute Gasteiger partial charge is 0.336 e. The van der Waals surface area contributed by atoms with Gasteiger partial charge in [-0.05, 0) is 26.2 Å². The summed E-state index contributed by atoms with van der Waals surface area (Å²) in [5, 5.41) is 0. The van der Waals surface area contributed by atoms with Crippen LogP contribution in [0.4, 0.5) is 0 Å². The van der Waals surface area contributed by atoms with Crippen LogP contribution < -0.4 is 0 Å². The maximum absolute atomic E-state index is 11.6. The second-order valence-corrected chi connectivity index (χ2v) is 4.35. The summed E-state index contributed by atoms with van der Waals surface area (Å²) in [6, 6.07) is 0.475. The first-order valence-electron chi connectivity index (χ1n) is 4.98. The molecule has 1 atom stereocenters. The van der Waals surface area contributed by atoms with E-state index in [1.165, 1.54) is 6.42 Å². The molecule has 0 aromatic carbocycles. The van der Waals surface area contributed by atoms with Crippen molar-refractivity contribution >= 4 is 5.91 Å². The molecule has 1 unspecified atom stereocenters. The number of carbonyl (C=O) groups is 1. The highest BCUT2D eigenvalue weighted by atomic mass is 16.2. The average Bonchev–Trinajstić information content (AvgIpc) is 1.79. The molecule has 74 valence electrons. The molecule has 1 saturated heterocycles. The van der Waals surface area contributed by atoms with E-state index in [2.05, 4.69) is 13.8 Å². The molecule has 1 aliphatic rings. The quantitative estimate of drug-likeness (QED) is 0.598. The molecule has 0 aromatic rings. The van der Waals surface area contributed by atoms with Crippen LogP contribution in [0.5, 0.6) is 0 Å². The van der Waals surface area contributed by atoms with E-state index < -0.39 is 0 Å². The fourth-order valence-electron chi connectivity index (χ4n) is 1.70. The molecule has 0 aromatic heterocycles. The minimum Gasteiger partial charge on any atom is -0.336 e. The van der Waals surface area contributed by atoms with Crippen molar-refractivity contribution in [3.05, 3.63) is 11.6 Å². The molecule has 0 radical (unpaired) electrons. The van der Waals surface area contributed by atoms with Crippen LogP contribution in [-0.4, -0.2) is 23.4 Å². The fourth-order valence-corrected chi connectivity index (χ4v) is 1.70. The Labute approximate surface area is 80.6 Å². The van der Waals surface area contributed by atoms with Crippen molar-refractivity contribution in [1.82, 2.24) is 4.90 Å². The SMILES string of the molecule is CC(C)=CC(=O)N1CCC1C(C)C. The Kier molecular flexibility index (Phi) is 3.12. The molecule has 1 heterocycles. The molecular weight excluding hydrogens is 162 g/mol. The van der Waals surface area contributed by atoms with E-state index in [4.69, 9.17) is 0 Å². The second kappa shape index (κ2) is 3.95. The molecule has 1 aliphatic heterocycles. The lowest BCUT2D eigenvalue weighted by Gasteiger charge is -2.43. The predicted molar refractivity (Wildman–Crippen MR) is 54.4 cm³/mol. The molecule has 1 fully saturated rings. The third kappa shape index (κ3) is 2.33. The summed E-state index contributed by atoms with van der Waals surface area (Å²) >= 11 is 0. The van der Waals surface area contributed by atoms with Crippen LogP contribution in [-0.2, 0) is 4.79 Å². The van der Waals surface area contributed by atoms with Gasteiger partial charge in [0, 0.05) is 18.7 Å². The molecule has 0 bridgehead atoms. The van der Waals surface area contributed by atoms with Gasteiger partial charge < -0.3 is 4.90 Å². The average molecular weight is 181 g/mol. The zero-order valence-corrected chi connectivity index (χ0v) is 9.00.